The summed E-state index contributed by atoms with van der Waals surface area (Å²) in [6.45, 7) is 4.70. The van der Waals surface area contributed by atoms with Crippen LogP contribution < -0.4 is 4.74 Å². The Morgan fingerprint density at radius 1 is 1.39 bits per heavy atom. The topological polar surface area (TPSA) is 27.1 Å². The molecule has 1 heterocycles. The molecule has 2 aromatic rings. The zero-order valence-corrected chi connectivity index (χ0v) is 11.0. The maximum atomic E-state index is 13.4. The van der Waals surface area contributed by atoms with Crippen molar-refractivity contribution in [1.82, 2.24) is 9.78 Å². The van der Waals surface area contributed by atoms with Crippen LogP contribution in [0.2, 0.25) is 5.02 Å². The molecule has 0 aliphatic rings. The highest BCUT2D eigenvalue weighted by Gasteiger charge is 2.13. The van der Waals surface area contributed by atoms with Gasteiger partial charge in [0.1, 0.15) is 6.61 Å². The molecule has 0 atom stereocenters. The van der Waals surface area contributed by atoms with Gasteiger partial charge in [-0.3, -0.25) is 4.68 Å². The van der Waals surface area contributed by atoms with E-state index in [0.29, 0.717) is 11.6 Å². The second-order valence-electron chi connectivity index (χ2n) is 3.88. The first-order chi connectivity index (χ1) is 8.63. The molecule has 0 amide bonds. The molecular formula is C13H14ClFN2O. The summed E-state index contributed by atoms with van der Waals surface area (Å²) in [6, 6.07) is 6.29. The molecule has 1 aromatic carbocycles. The predicted octanol–water partition coefficient (Wildman–Crippen LogP) is 3.58. The molecular weight excluding hydrogens is 255 g/mol. The van der Waals surface area contributed by atoms with Crippen molar-refractivity contribution in [2.75, 3.05) is 0 Å². The highest BCUT2D eigenvalue weighted by atomic mass is 35.5. The van der Waals surface area contributed by atoms with Crippen molar-refractivity contribution in [2.45, 2.75) is 27.0 Å². The summed E-state index contributed by atoms with van der Waals surface area (Å²) in [5.41, 5.74) is 1.52. The van der Waals surface area contributed by atoms with Crippen molar-refractivity contribution in [2.24, 2.45) is 0 Å². The second-order valence-corrected chi connectivity index (χ2v) is 4.26. The summed E-state index contributed by atoms with van der Waals surface area (Å²) < 4.78 is 20.6. The van der Waals surface area contributed by atoms with E-state index >= 15 is 0 Å². The molecule has 0 fully saturated rings. The maximum Gasteiger partial charge on any atom is 0.165 e. The number of ether oxygens (including phenoxy) is 1. The van der Waals surface area contributed by atoms with Crippen LogP contribution in [-0.2, 0) is 13.2 Å². The van der Waals surface area contributed by atoms with E-state index in [4.69, 9.17) is 16.3 Å². The third-order valence-corrected chi connectivity index (χ3v) is 3.15. The number of nitrogens with zero attached hydrogens (tertiary/aromatic N) is 2. The van der Waals surface area contributed by atoms with Crippen LogP contribution in [0.4, 0.5) is 4.39 Å². The molecule has 0 bridgehead atoms. The smallest absolute Gasteiger partial charge is 0.165 e. The van der Waals surface area contributed by atoms with E-state index in [1.165, 1.54) is 6.07 Å². The molecule has 3 nitrogen and oxygen atoms in total. The molecule has 0 saturated heterocycles. The lowest BCUT2D eigenvalue weighted by atomic mass is 10.3. The Hall–Kier alpha value is -1.55. The maximum absolute atomic E-state index is 13.4. The Morgan fingerprint density at radius 2 is 2.11 bits per heavy atom. The number of para-hydroxylation sites is 1. The number of hydrogen-bond acceptors (Lipinski definition) is 2. The summed E-state index contributed by atoms with van der Waals surface area (Å²) in [6.07, 6.45) is 0. The monoisotopic (exact) mass is 268 g/mol. The molecule has 18 heavy (non-hydrogen) atoms. The SMILES string of the molecule is CCn1nc(C)c(Cl)c1COc1ccccc1F. The van der Waals surface area contributed by atoms with Crippen LogP contribution in [0.1, 0.15) is 18.3 Å². The average Bonchev–Trinajstić information content (AvgIpc) is 2.65. The molecule has 0 aliphatic heterocycles. The van der Waals surface area contributed by atoms with Gasteiger partial charge in [0.2, 0.25) is 0 Å². The minimum absolute atomic E-state index is 0.203. The Bertz CT molecular complexity index is 554. The average molecular weight is 269 g/mol. The van der Waals surface area contributed by atoms with E-state index in [1.807, 2.05) is 13.8 Å². The summed E-state index contributed by atoms with van der Waals surface area (Å²) in [5, 5.41) is 4.85. The van der Waals surface area contributed by atoms with Gasteiger partial charge in [0.15, 0.2) is 11.6 Å². The van der Waals surface area contributed by atoms with Gasteiger partial charge in [-0.25, -0.2) is 4.39 Å². The Morgan fingerprint density at radius 3 is 2.78 bits per heavy atom. The fraction of sp³-hybridized carbons (Fsp3) is 0.308. The number of hydrogen-bond donors (Lipinski definition) is 0. The van der Waals surface area contributed by atoms with E-state index < -0.39 is 0 Å². The van der Waals surface area contributed by atoms with E-state index in [2.05, 4.69) is 5.10 Å². The molecule has 0 radical (unpaired) electrons. The molecule has 0 aliphatic carbocycles. The normalized spacial score (nSPS) is 10.7. The van der Waals surface area contributed by atoms with E-state index in [1.54, 1.807) is 22.9 Å². The summed E-state index contributed by atoms with van der Waals surface area (Å²) >= 11 is 6.14. The Kier molecular flexibility index (Phi) is 3.87. The summed E-state index contributed by atoms with van der Waals surface area (Å²) in [7, 11) is 0. The van der Waals surface area contributed by atoms with Crippen LogP contribution in [0.3, 0.4) is 0 Å². The lowest BCUT2D eigenvalue weighted by Crippen LogP contribution is -2.07. The molecule has 0 spiro atoms. The molecule has 1 aromatic heterocycles. The summed E-state index contributed by atoms with van der Waals surface area (Å²) in [5.74, 6) is -0.164. The Balaban J connectivity index is 2.18. The van der Waals surface area contributed by atoms with Crippen LogP contribution in [0.15, 0.2) is 24.3 Å². The van der Waals surface area contributed by atoms with Gasteiger partial charge in [-0.05, 0) is 26.0 Å². The van der Waals surface area contributed by atoms with Crippen molar-refractivity contribution in [3.8, 4) is 5.75 Å². The number of aromatic nitrogens is 2. The second kappa shape index (κ2) is 5.40. The van der Waals surface area contributed by atoms with E-state index in [-0.39, 0.29) is 18.2 Å². The quantitative estimate of drug-likeness (QED) is 0.847. The van der Waals surface area contributed by atoms with Crippen molar-refractivity contribution in [3.63, 3.8) is 0 Å². The minimum Gasteiger partial charge on any atom is -0.484 e. The molecule has 5 heteroatoms. The van der Waals surface area contributed by atoms with Crippen LogP contribution in [0.25, 0.3) is 0 Å². The molecule has 96 valence electrons. The van der Waals surface area contributed by atoms with Gasteiger partial charge in [0, 0.05) is 6.54 Å². The molecule has 0 N–H and O–H groups in total. The van der Waals surface area contributed by atoms with Crippen molar-refractivity contribution >= 4 is 11.6 Å². The third-order valence-electron chi connectivity index (χ3n) is 2.65. The first-order valence-electron chi connectivity index (χ1n) is 5.72. The zero-order chi connectivity index (χ0) is 13.1. The van der Waals surface area contributed by atoms with Crippen molar-refractivity contribution < 1.29 is 9.13 Å². The fourth-order valence-electron chi connectivity index (χ4n) is 1.71. The number of aryl methyl sites for hydroxylation is 2. The van der Waals surface area contributed by atoms with E-state index in [0.717, 1.165) is 11.4 Å². The molecule has 2 rings (SSSR count). The van der Waals surface area contributed by atoms with Crippen molar-refractivity contribution in [1.29, 1.82) is 0 Å². The van der Waals surface area contributed by atoms with Crippen molar-refractivity contribution in [3.05, 3.63) is 46.5 Å². The molecule has 0 saturated carbocycles. The lowest BCUT2D eigenvalue weighted by molar-refractivity contribution is 0.278. The van der Waals surface area contributed by atoms with Crippen LogP contribution >= 0.6 is 11.6 Å². The minimum atomic E-state index is -0.382. The number of benzene rings is 1. The zero-order valence-electron chi connectivity index (χ0n) is 10.3. The fourth-order valence-corrected chi connectivity index (χ4v) is 1.90. The largest absolute Gasteiger partial charge is 0.484 e. The van der Waals surface area contributed by atoms with Gasteiger partial charge < -0.3 is 4.74 Å². The highest BCUT2D eigenvalue weighted by molar-refractivity contribution is 6.31. The van der Waals surface area contributed by atoms with Gasteiger partial charge in [-0.15, -0.1) is 0 Å². The molecule has 0 unspecified atom stereocenters. The predicted molar refractivity (Wildman–Crippen MR) is 68.4 cm³/mol. The Labute approximate surface area is 110 Å². The number of rotatable bonds is 4. The third kappa shape index (κ3) is 2.48. The van der Waals surface area contributed by atoms with Gasteiger partial charge in [0.25, 0.3) is 0 Å². The highest BCUT2D eigenvalue weighted by Crippen LogP contribution is 2.23. The van der Waals surface area contributed by atoms with Crippen LogP contribution in [0, 0.1) is 12.7 Å². The lowest BCUT2D eigenvalue weighted by Gasteiger charge is -2.08. The van der Waals surface area contributed by atoms with Gasteiger partial charge in [-0.1, -0.05) is 23.7 Å². The van der Waals surface area contributed by atoms with Gasteiger partial charge >= 0.3 is 0 Å². The van der Waals surface area contributed by atoms with E-state index in [9.17, 15) is 4.39 Å². The van der Waals surface area contributed by atoms with Crippen LogP contribution in [-0.4, -0.2) is 9.78 Å². The number of halogens is 2. The standard InChI is InChI=1S/C13H14ClFN2O/c1-3-17-11(13(14)9(2)16-17)8-18-12-7-5-4-6-10(12)15/h4-7H,3,8H2,1-2H3. The first kappa shape index (κ1) is 12.9. The first-order valence-corrected chi connectivity index (χ1v) is 6.10. The summed E-state index contributed by atoms with van der Waals surface area (Å²) in [4.78, 5) is 0. The van der Waals surface area contributed by atoms with Crippen LogP contribution in [0.5, 0.6) is 5.75 Å². The van der Waals surface area contributed by atoms with Gasteiger partial charge in [-0.2, -0.15) is 5.10 Å². The van der Waals surface area contributed by atoms with Gasteiger partial charge in [0.05, 0.1) is 16.4 Å².